The number of halogens is 1. The highest BCUT2D eigenvalue weighted by molar-refractivity contribution is 6.31. The summed E-state index contributed by atoms with van der Waals surface area (Å²) in [5.41, 5.74) is 4.96. The van der Waals surface area contributed by atoms with Crippen molar-refractivity contribution >= 4 is 22.5 Å². The van der Waals surface area contributed by atoms with Gasteiger partial charge in [0.15, 0.2) is 0 Å². The zero-order valence-electron chi connectivity index (χ0n) is 13.5. The predicted molar refractivity (Wildman–Crippen MR) is 98.4 cm³/mol. The predicted octanol–water partition coefficient (Wildman–Crippen LogP) is 3.78. The molecule has 1 aliphatic rings. The normalized spacial score (nSPS) is 16.2. The van der Waals surface area contributed by atoms with Gasteiger partial charge in [-0.3, -0.25) is 4.90 Å². The molecule has 2 N–H and O–H groups in total. The summed E-state index contributed by atoms with van der Waals surface area (Å²) in [6.07, 6.45) is 1.35. The van der Waals surface area contributed by atoms with Crippen LogP contribution in [0.3, 0.4) is 0 Å². The van der Waals surface area contributed by atoms with Crippen LogP contribution in [-0.4, -0.2) is 34.2 Å². The fourth-order valence-corrected chi connectivity index (χ4v) is 3.85. The number of nitrogens with zero attached hydrogens (tertiary/aromatic N) is 1. The molecule has 0 spiro atoms. The zero-order valence-corrected chi connectivity index (χ0v) is 14.3. The van der Waals surface area contributed by atoms with Crippen LogP contribution in [-0.2, 0) is 19.4 Å². The van der Waals surface area contributed by atoms with Crippen molar-refractivity contribution in [1.29, 1.82) is 0 Å². The van der Waals surface area contributed by atoms with Gasteiger partial charge >= 0.3 is 0 Å². The average Bonchev–Trinajstić information content (AvgIpc) is 2.92. The van der Waals surface area contributed by atoms with Crippen molar-refractivity contribution < 1.29 is 5.11 Å². The number of rotatable bonds is 4. The van der Waals surface area contributed by atoms with E-state index >= 15 is 0 Å². The molecule has 0 fully saturated rings. The van der Waals surface area contributed by atoms with Gasteiger partial charge < -0.3 is 10.1 Å². The molecule has 1 atom stereocenters. The average molecular weight is 341 g/mol. The number of nitrogens with one attached hydrogen (secondary N) is 1. The van der Waals surface area contributed by atoms with Gasteiger partial charge in [-0.1, -0.05) is 41.9 Å². The summed E-state index contributed by atoms with van der Waals surface area (Å²) < 4.78 is 0. The van der Waals surface area contributed by atoms with Crippen LogP contribution in [0.2, 0.25) is 5.02 Å². The second-order valence-corrected chi connectivity index (χ2v) is 7.04. The minimum atomic E-state index is -0.340. The largest absolute Gasteiger partial charge is 0.391 e. The van der Waals surface area contributed by atoms with Crippen molar-refractivity contribution in [1.82, 2.24) is 9.88 Å². The van der Waals surface area contributed by atoms with Crippen LogP contribution in [0.4, 0.5) is 0 Å². The van der Waals surface area contributed by atoms with Gasteiger partial charge in [0.2, 0.25) is 0 Å². The highest BCUT2D eigenvalue weighted by Gasteiger charge is 2.22. The lowest BCUT2D eigenvalue weighted by Crippen LogP contribution is -2.37. The number of hydrogen-bond donors (Lipinski definition) is 2. The van der Waals surface area contributed by atoms with Crippen LogP contribution < -0.4 is 0 Å². The molecule has 2 heterocycles. The van der Waals surface area contributed by atoms with Crippen LogP contribution in [0.15, 0.2) is 48.5 Å². The van der Waals surface area contributed by atoms with Crippen LogP contribution in [0.5, 0.6) is 0 Å². The summed E-state index contributed by atoms with van der Waals surface area (Å²) in [5, 5.41) is 12.4. The summed E-state index contributed by atoms with van der Waals surface area (Å²) in [6, 6.07) is 16.2. The van der Waals surface area contributed by atoms with E-state index in [1.807, 2.05) is 36.4 Å². The number of hydrogen-bond acceptors (Lipinski definition) is 2. The Morgan fingerprint density at radius 2 is 2.00 bits per heavy atom. The maximum atomic E-state index is 10.4. The van der Waals surface area contributed by atoms with E-state index in [0.717, 1.165) is 30.0 Å². The second kappa shape index (κ2) is 6.60. The molecule has 0 saturated heterocycles. The molecule has 4 heteroatoms. The molecule has 0 aliphatic carbocycles. The second-order valence-electron chi connectivity index (χ2n) is 6.60. The van der Waals surface area contributed by atoms with E-state index in [9.17, 15) is 5.11 Å². The van der Waals surface area contributed by atoms with E-state index in [2.05, 4.69) is 22.0 Å². The molecule has 0 saturated carbocycles. The summed E-state index contributed by atoms with van der Waals surface area (Å²) >= 11 is 6.14. The molecule has 1 unspecified atom stereocenters. The molecule has 3 nitrogen and oxygen atoms in total. The topological polar surface area (TPSA) is 39.3 Å². The van der Waals surface area contributed by atoms with Gasteiger partial charge in [-0.25, -0.2) is 0 Å². The quantitative estimate of drug-likeness (QED) is 0.758. The number of benzene rings is 2. The molecule has 124 valence electrons. The summed E-state index contributed by atoms with van der Waals surface area (Å²) in [5.74, 6) is 0. The van der Waals surface area contributed by atoms with Gasteiger partial charge in [0.1, 0.15) is 0 Å². The van der Waals surface area contributed by atoms with Crippen molar-refractivity contribution in [2.75, 3.05) is 13.1 Å². The molecule has 0 amide bonds. The smallest absolute Gasteiger partial charge is 0.0707 e. The highest BCUT2D eigenvalue weighted by atomic mass is 35.5. The molecule has 2 aromatic carbocycles. The third kappa shape index (κ3) is 3.20. The fraction of sp³-hybridized carbons (Fsp3) is 0.300. The first-order valence-electron chi connectivity index (χ1n) is 8.42. The molecule has 1 aromatic heterocycles. The number of aliphatic hydroxyl groups excluding tert-OH is 1. The highest BCUT2D eigenvalue weighted by Crippen LogP contribution is 2.29. The Bertz CT molecular complexity index is 843. The Morgan fingerprint density at radius 3 is 2.83 bits per heavy atom. The number of fused-ring (bicyclic) bond motifs is 3. The van der Waals surface area contributed by atoms with Gasteiger partial charge in [-0.05, 0) is 42.2 Å². The van der Waals surface area contributed by atoms with E-state index in [0.29, 0.717) is 13.0 Å². The van der Waals surface area contributed by atoms with E-state index in [1.54, 1.807) is 0 Å². The van der Waals surface area contributed by atoms with E-state index in [4.69, 9.17) is 11.6 Å². The standard InChI is InChI=1S/C20H21ClN2O/c21-15-6-7-19-18(11-15)17-8-9-23(13-20(17)22-19)12-16(24)10-14-4-2-1-3-5-14/h1-7,11,16,22,24H,8-10,12-13H2. The minimum Gasteiger partial charge on any atom is -0.391 e. The Morgan fingerprint density at radius 1 is 1.17 bits per heavy atom. The zero-order chi connectivity index (χ0) is 16.5. The first kappa shape index (κ1) is 15.7. The van der Waals surface area contributed by atoms with Crippen molar-refractivity contribution in [2.45, 2.75) is 25.5 Å². The van der Waals surface area contributed by atoms with Gasteiger partial charge in [0, 0.05) is 41.3 Å². The summed E-state index contributed by atoms with van der Waals surface area (Å²) in [4.78, 5) is 5.84. The molecule has 1 aliphatic heterocycles. The molecule has 0 radical (unpaired) electrons. The Kier molecular flexibility index (Phi) is 4.31. The Labute approximate surface area is 146 Å². The lowest BCUT2D eigenvalue weighted by molar-refractivity contribution is 0.105. The SMILES string of the molecule is OC(Cc1ccccc1)CN1CCc2c([nH]c3ccc(Cl)cc23)C1. The van der Waals surface area contributed by atoms with Crippen molar-refractivity contribution in [3.05, 3.63) is 70.4 Å². The molecule has 3 aromatic rings. The van der Waals surface area contributed by atoms with Gasteiger partial charge in [0.25, 0.3) is 0 Å². The summed E-state index contributed by atoms with van der Waals surface area (Å²) in [6.45, 7) is 2.52. The molecule has 0 bridgehead atoms. The van der Waals surface area contributed by atoms with Crippen molar-refractivity contribution in [2.24, 2.45) is 0 Å². The minimum absolute atomic E-state index is 0.340. The van der Waals surface area contributed by atoms with Gasteiger partial charge in [0.05, 0.1) is 6.10 Å². The maximum absolute atomic E-state index is 10.4. The number of aromatic nitrogens is 1. The molecule has 24 heavy (non-hydrogen) atoms. The number of aromatic amines is 1. The number of H-pyrrole nitrogens is 1. The van der Waals surface area contributed by atoms with Crippen LogP contribution in [0, 0.1) is 0 Å². The van der Waals surface area contributed by atoms with Crippen LogP contribution in [0.1, 0.15) is 16.8 Å². The van der Waals surface area contributed by atoms with Gasteiger partial charge in [-0.15, -0.1) is 0 Å². The Balaban J connectivity index is 1.45. The van der Waals surface area contributed by atoms with E-state index in [-0.39, 0.29) is 6.10 Å². The van der Waals surface area contributed by atoms with Gasteiger partial charge in [-0.2, -0.15) is 0 Å². The van der Waals surface area contributed by atoms with Crippen LogP contribution >= 0.6 is 11.6 Å². The van der Waals surface area contributed by atoms with Crippen molar-refractivity contribution in [3.63, 3.8) is 0 Å². The number of β-amino-alcohol motifs (C(OH)–C–C–N with tert-alkyl or cyclic N) is 1. The third-order valence-electron chi connectivity index (χ3n) is 4.80. The number of aliphatic hydroxyl groups is 1. The van der Waals surface area contributed by atoms with E-state index in [1.165, 1.54) is 22.2 Å². The van der Waals surface area contributed by atoms with Crippen molar-refractivity contribution in [3.8, 4) is 0 Å². The molecular formula is C20H21ClN2O. The third-order valence-corrected chi connectivity index (χ3v) is 5.03. The lowest BCUT2D eigenvalue weighted by Gasteiger charge is -2.29. The van der Waals surface area contributed by atoms with Crippen LogP contribution in [0.25, 0.3) is 10.9 Å². The molecular weight excluding hydrogens is 320 g/mol. The summed E-state index contributed by atoms with van der Waals surface area (Å²) in [7, 11) is 0. The maximum Gasteiger partial charge on any atom is 0.0707 e. The van der Waals surface area contributed by atoms with E-state index < -0.39 is 0 Å². The fourth-order valence-electron chi connectivity index (χ4n) is 3.67. The first-order valence-corrected chi connectivity index (χ1v) is 8.80. The monoisotopic (exact) mass is 340 g/mol. The Hall–Kier alpha value is -1.81. The lowest BCUT2D eigenvalue weighted by atomic mass is 10.0. The molecule has 4 rings (SSSR count). The first-order chi connectivity index (χ1) is 11.7.